The number of piperazine rings is 1. The van der Waals surface area contributed by atoms with Gasteiger partial charge in [-0.15, -0.1) is 0 Å². The summed E-state index contributed by atoms with van der Waals surface area (Å²) in [6.07, 6.45) is 0. The van der Waals surface area contributed by atoms with Gasteiger partial charge in [-0.2, -0.15) is 4.31 Å². The first-order chi connectivity index (χ1) is 16.1. The number of amides is 2. The third-order valence-corrected chi connectivity index (χ3v) is 7.43. The number of esters is 1. The first kappa shape index (κ1) is 25.4. The third kappa shape index (κ3) is 5.81. The van der Waals surface area contributed by atoms with Gasteiger partial charge >= 0.3 is 5.97 Å². The van der Waals surface area contributed by atoms with Crippen LogP contribution < -0.4 is 4.90 Å². The summed E-state index contributed by atoms with van der Waals surface area (Å²) in [6, 6.07) is 14.5. The fourth-order valence-electron chi connectivity index (χ4n) is 3.77. The Bertz CT molecular complexity index is 1140. The molecule has 0 bridgehead atoms. The summed E-state index contributed by atoms with van der Waals surface area (Å²) >= 11 is 0. The molecule has 1 aliphatic rings. The zero-order valence-corrected chi connectivity index (χ0v) is 20.3. The van der Waals surface area contributed by atoms with Gasteiger partial charge in [0.15, 0.2) is 6.61 Å². The van der Waals surface area contributed by atoms with Gasteiger partial charge in [0.2, 0.25) is 15.9 Å². The van der Waals surface area contributed by atoms with Gasteiger partial charge in [-0.3, -0.25) is 9.59 Å². The molecule has 0 aromatic heterocycles. The predicted octanol–water partition coefficient (Wildman–Crippen LogP) is 2.14. The summed E-state index contributed by atoms with van der Waals surface area (Å²) in [5.74, 6) is -1.27. The van der Waals surface area contributed by atoms with E-state index >= 15 is 0 Å². The van der Waals surface area contributed by atoms with Crippen LogP contribution in [0, 0.1) is 0 Å². The first-order valence-corrected chi connectivity index (χ1v) is 12.4. The zero-order chi connectivity index (χ0) is 24.9. The summed E-state index contributed by atoms with van der Waals surface area (Å²) in [5, 5.41) is 0. The van der Waals surface area contributed by atoms with E-state index in [9.17, 15) is 22.8 Å². The maximum absolute atomic E-state index is 13.0. The van der Waals surface area contributed by atoms with E-state index in [4.69, 9.17) is 4.74 Å². The number of hydrogen-bond acceptors (Lipinski definition) is 6. The molecule has 1 fully saturated rings. The van der Waals surface area contributed by atoms with Crippen molar-refractivity contribution in [3.05, 3.63) is 60.2 Å². The Hall–Kier alpha value is -3.24. The second kappa shape index (κ2) is 10.8. The number of sulfonamides is 1. The van der Waals surface area contributed by atoms with Crippen LogP contribution in [0.15, 0.2) is 59.5 Å². The molecule has 1 aliphatic heterocycles. The number of nitrogens with zero attached hydrogens (tertiary/aromatic N) is 3. The number of para-hydroxylation sites is 1. The van der Waals surface area contributed by atoms with Crippen LogP contribution in [0.1, 0.15) is 31.1 Å². The molecule has 1 saturated heterocycles. The molecule has 0 saturated carbocycles. The summed E-state index contributed by atoms with van der Waals surface area (Å²) in [5.41, 5.74) is 0.726. The molecule has 0 atom stereocenters. The molecule has 3 rings (SSSR count). The van der Waals surface area contributed by atoms with Gasteiger partial charge in [0.1, 0.15) is 0 Å². The molecule has 0 unspecified atom stereocenters. The Morgan fingerprint density at radius 3 is 2.21 bits per heavy atom. The predicted molar refractivity (Wildman–Crippen MR) is 127 cm³/mol. The standard InChI is InChI=1S/C24H29N3O6S/c1-18(2)27(21-9-5-4-6-10-21)23(29)17-33-24(30)20-8-7-11-22(16-20)34(31,32)26-14-12-25(13-15-26)19(3)28/h4-11,16,18H,12-15,17H2,1-3H3. The summed E-state index contributed by atoms with van der Waals surface area (Å²) in [4.78, 5) is 39.9. The molecule has 10 heteroatoms. The number of hydrogen-bond donors (Lipinski definition) is 0. The second-order valence-corrected chi connectivity index (χ2v) is 10.1. The minimum atomic E-state index is -3.85. The lowest BCUT2D eigenvalue weighted by atomic mass is 10.2. The van der Waals surface area contributed by atoms with Gasteiger partial charge in [0, 0.05) is 44.8 Å². The van der Waals surface area contributed by atoms with E-state index in [0.717, 1.165) is 0 Å². The van der Waals surface area contributed by atoms with E-state index in [0.29, 0.717) is 18.8 Å². The van der Waals surface area contributed by atoms with Gasteiger partial charge in [-0.05, 0) is 44.2 Å². The highest BCUT2D eigenvalue weighted by molar-refractivity contribution is 7.89. The Kier molecular flexibility index (Phi) is 8.06. The highest BCUT2D eigenvalue weighted by atomic mass is 32.2. The monoisotopic (exact) mass is 487 g/mol. The van der Waals surface area contributed by atoms with Crippen molar-refractivity contribution in [1.82, 2.24) is 9.21 Å². The topological polar surface area (TPSA) is 104 Å². The fourth-order valence-corrected chi connectivity index (χ4v) is 5.24. The number of anilines is 1. The zero-order valence-electron chi connectivity index (χ0n) is 19.5. The van der Waals surface area contributed by atoms with Crippen molar-refractivity contribution in [2.75, 3.05) is 37.7 Å². The quantitative estimate of drug-likeness (QED) is 0.554. The molecule has 1 heterocycles. The van der Waals surface area contributed by atoms with Crippen LogP contribution >= 0.6 is 0 Å². The molecule has 0 N–H and O–H groups in total. The molecule has 2 aromatic carbocycles. The van der Waals surface area contributed by atoms with E-state index in [-0.39, 0.29) is 41.4 Å². The molecule has 0 spiro atoms. The SMILES string of the molecule is CC(=O)N1CCN(S(=O)(=O)c2cccc(C(=O)OCC(=O)N(c3ccccc3)C(C)C)c2)CC1. The Morgan fingerprint density at radius 1 is 0.971 bits per heavy atom. The highest BCUT2D eigenvalue weighted by Crippen LogP contribution is 2.20. The van der Waals surface area contributed by atoms with Crippen molar-refractivity contribution in [2.24, 2.45) is 0 Å². The molecule has 2 amide bonds. The molecule has 0 aliphatic carbocycles. The van der Waals surface area contributed by atoms with E-state index in [2.05, 4.69) is 0 Å². The van der Waals surface area contributed by atoms with Crippen molar-refractivity contribution in [2.45, 2.75) is 31.7 Å². The van der Waals surface area contributed by atoms with Gasteiger partial charge in [-0.1, -0.05) is 24.3 Å². The molecule has 182 valence electrons. The van der Waals surface area contributed by atoms with Crippen LogP contribution in [0.25, 0.3) is 0 Å². The van der Waals surface area contributed by atoms with Crippen molar-refractivity contribution in [3.8, 4) is 0 Å². The average Bonchev–Trinajstić information content (AvgIpc) is 2.83. The van der Waals surface area contributed by atoms with Crippen LogP contribution in [0.5, 0.6) is 0 Å². The Labute approximate surface area is 200 Å². The third-order valence-electron chi connectivity index (χ3n) is 5.54. The lowest BCUT2D eigenvalue weighted by Crippen LogP contribution is -2.49. The fraction of sp³-hybridized carbons (Fsp3) is 0.375. The number of rotatable bonds is 7. The summed E-state index contributed by atoms with van der Waals surface area (Å²) in [7, 11) is -3.85. The van der Waals surface area contributed by atoms with E-state index in [1.165, 1.54) is 40.4 Å². The minimum Gasteiger partial charge on any atom is -0.452 e. The average molecular weight is 488 g/mol. The van der Waals surface area contributed by atoms with E-state index in [1.54, 1.807) is 17.0 Å². The number of carbonyl (C=O) groups is 3. The largest absolute Gasteiger partial charge is 0.452 e. The number of ether oxygens (including phenoxy) is 1. The molecular weight excluding hydrogens is 458 g/mol. The van der Waals surface area contributed by atoms with E-state index in [1.807, 2.05) is 32.0 Å². The van der Waals surface area contributed by atoms with Crippen LogP contribution in [0.3, 0.4) is 0 Å². The normalized spacial score (nSPS) is 14.6. The van der Waals surface area contributed by atoms with Crippen LogP contribution in [0.2, 0.25) is 0 Å². The highest BCUT2D eigenvalue weighted by Gasteiger charge is 2.30. The maximum atomic E-state index is 13.0. The molecule has 34 heavy (non-hydrogen) atoms. The van der Waals surface area contributed by atoms with Crippen LogP contribution in [0.4, 0.5) is 5.69 Å². The van der Waals surface area contributed by atoms with Crippen molar-refractivity contribution < 1.29 is 27.5 Å². The molecule has 9 nitrogen and oxygen atoms in total. The van der Waals surface area contributed by atoms with Crippen molar-refractivity contribution in [3.63, 3.8) is 0 Å². The van der Waals surface area contributed by atoms with Crippen LogP contribution in [-0.2, 0) is 24.3 Å². The number of carbonyl (C=O) groups excluding carboxylic acids is 3. The molecular formula is C24H29N3O6S. The lowest BCUT2D eigenvalue weighted by Gasteiger charge is -2.33. The second-order valence-electron chi connectivity index (χ2n) is 8.21. The lowest BCUT2D eigenvalue weighted by molar-refractivity contribution is -0.130. The smallest absolute Gasteiger partial charge is 0.338 e. The number of benzene rings is 2. The van der Waals surface area contributed by atoms with Gasteiger partial charge < -0.3 is 14.5 Å². The van der Waals surface area contributed by atoms with Crippen molar-refractivity contribution >= 4 is 33.5 Å². The minimum absolute atomic E-state index is 0.0343. The Morgan fingerprint density at radius 2 is 1.62 bits per heavy atom. The van der Waals surface area contributed by atoms with E-state index < -0.39 is 22.6 Å². The summed E-state index contributed by atoms with van der Waals surface area (Å²) in [6.45, 7) is 5.66. The Balaban J connectivity index is 1.67. The first-order valence-electron chi connectivity index (χ1n) is 11.0. The molecule has 2 aromatic rings. The van der Waals surface area contributed by atoms with Crippen molar-refractivity contribution in [1.29, 1.82) is 0 Å². The summed E-state index contributed by atoms with van der Waals surface area (Å²) < 4.78 is 32.6. The van der Waals surface area contributed by atoms with Gasteiger partial charge in [0.05, 0.1) is 10.5 Å². The van der Waals surface area contributed by atoms with Crippen LogP contribution in [-0.4, -0.2) is 74.2 Å². The van der Waals surface area contributed by atoms with Gasteiger partial charge in [-0.25, -0.2) is 13.2 Å². The van der Waals surface area contributed by atoms with Gasteiger partial charge in [0.25, 0.3) is 5.91 Å². The maximum Gasteiger partial charge on any atom is 0.338 e. The molecule has 0 radical (unpaired) electrons.